The molecule has 18 heavy (non-hydrogen) atoms. The van der Waals surface area contributed by atoms with Gasteiger partial charge in [-0.2, -0.15) is 11.8 Å². The van der Waals surface area contributed by atoms with Crippen LogP contribution in [0.2, 0.25) is 0 Å². The first-order valence-electron chi connectivity index (χ1n) is 6.63. The van der Waals surface area contributed by atoms with Gasteiger partial charge in [-0.15, -0.1) is 0 Å². The lowest BCUT2D eigenvalue weighted by Gasteiger charge is -2.37. The monoisotopic (exact) mass is 272 g/mol. The average Bonchev–Trinajstić information content (AvgIpc) is 2.29. The standard InChI is InChI=1S/C13H24N2O2S/c1-5-18-8-10(4)15-7-12(16)14-11(13(15)17)6-9(2)3/h9-11H,5-8H2,1-4H3,(H,14,16). The molecule has 0 aromatic heterocycles. The molecule has 1 aliphatic heterocycles. The highest BCUT2D eigenvalue weighted by Crippen LogP contribution is 2.16. The van der Waals surface area contributed by atoms with Crippen LogP contribution in [-0.4, -0.2) is 46.8 Å². The number of hydrogen-bond donors (Lipinski definition) is 1. The number of rotatable bonds is 6. The van der Waals surface area contributed by atoms with Crippen molar-refractivity contribution >= 4 is 23.6 Å². The summed E-state index contributed by atoms with van der Waals surface area (Å²) in [7, 11) is 0. The highest BCUT2D eigenvalue weighted by Gasteiger charge is 2.35. The molecule has 0 aliphatic carbocycles. The second kappa shape index (κ2) is 7.02. The Labute approximate surface area is 114 Å². The molecule has 0 bridgehead atoms. The number of hydrogen-bond acceptors (Lipinski definition) is 3. The van der Waals surface area contributed by atoms with E-state index in [0.29, 0.717) is 12.3 Å². The SMILES string of the molecule is CCSCC(C)N1CC(=O)NC(CC(C)C)C1=O. The van der Waals surface area contributed by atoms with Gasteiger partial charge in [0.25, 0.3) is 0 Å². The highest BCUT2D eigenvalue weighted by atomic mass is 32.2. The summed E-state index contributed by atoms with van der Waals surface area (Å²) < 4.78 is 0. The van der Waals surface area contributed by atoms with Crippen molar-refractivity contribution in [1.29, 1.82) is 0 Å². The molecular weight excluding hydrogens is 248 g/mol. The molecule has 1 rings (SSSR count). The molecule has 0 spiro atoms. The Hall–Kier alpha value is -0.710. The van der Waals surface area contributed by atoms with Crippen LogP contribution in [0.15, 0.2) is 0 Å². The molecule has 1 aliphatic rings. The molecule has 0 radical (unpaired) electrons. The second-order valence-electron chi connectivity index (χ2n) is 5.22. The number of nitrogens with one attached hydrogen (secondary N) is 1. The number of thioether (sulfide) groups is 1. The van der Waals surface area contributed by atoms with E-state index in [0.717, 1.165) is 11.5 Å². The summed E-state index contributed by atoms with van der Waals surface area (Å²) in [5.74, 6) is 2.37. The van der Waals surface area contributed by atoms with Crippen molar-refractivity contribution in [2.75, 3.05) is 18.1 Å². The van der Waals surface area contributed by atoms with E-state index in [1.807, 2.05) is 6.92 Å². The van der Waals surface area contributed by atoms with E-state index in [1.165, 1.54) is 0 Å². The predicted molar refractivity (Wildman–Crippen MR) is 75.6 cm³/mol. The molecule has 2 atom stereocenters. The zero-order chi connectivity index (χ0) is 13.7. The normalized spacial score (nSPS) is 22.3. The predicted octanol–water partition coefficient (Wildman–Crippen LogP) is 1.50. The van der Waals surface area contributed by atoms with Gasteiger partial charge in [0, 0.05) is 11.8 Å². The summed E-state index contributed by atoms with van der Waals surface area (Å²) in [4.78, 5) is 25.7. The van der Waals surface area contributed by atoms with Crippen molar-refractivity contribution in [3.8, 4) is 0 Å². The van der Waals surface area contributed by atoms with E-state index < -0.39 is 0 Å². The maximum atomic E-state index is 12.3. The topological polar surface area (TPSA) is 49.4 Å². The maximum absolute atomic E-state index is 12.3. The number of piperazine rings is 1. The van der Waals surface area contributed by atoms with E-state index in [4.69, 9.17) is 0 Å². The van der Waals surface area contributed by atoms with Gasteiger partial charge in [-0.05, 0) is 25.0 Å². The molecule has 1 heterocycles. The molecule has 1 saturated heterocycles. The smallest absolute Gasteiger partial charge is 0.245 e. The van der Waals surface area contributed by atoms with Crippen molar-refractivity contribution in [3.05, 3.63) is 0 Å². The van der Waals surface area contributed by atoms with Crippen LogP contribution in [0.3, 0.4) is 0 Å². The lowest BCUT2D eigenvalue weighted by Crippen LogP contribution is -2.60. The third kappa shape index (κ3) is 4.19. The van der Waals surface area contributed by atoms with Crippen LogP contribution in [0.25, 0.3) is 0 Å². The van der Waals surface area contributed by atoms with Crippen LogP contribution in [-0.2, 0) is 9.59 Å². The number of nitrogens with zero attached hydrogens (tertiary/aromatic N) is 1. The minimum Gasteiger partial charge on any atom is -0.343 e. The van der Waals surface area contributed by atoms with Crippen LogP contribution in [0, 0.1) is 5.92 Å². The number of carbonyl (C=O) groups excluding carboxylic acids is 2. The Bertz CT molecular complexity index is 307. The average molecular weight is 272 g/mol. The van der Waals surface area contributed by atoms with Crippen molar-refractivity contribution in [3.63, 3.8) is 0 Å². The summed E-state index contributed by atoms with van der Waals surface area (Å²) in [6, 6.07) is -0.205. The summed E-state index contributed by atoms with van der Waals surface area (Å²) in [6.07, 6.45) is 0.717. The second-order valence-corrected chi connectivity index (χ2v) is 6.54. The van der Waals surface area contributed by atoms with Crippen LogP contribution in [0.5, 0.6) is 0 Å². The lowest BCUT2D eigenvalue weighted by atomic mass is 10.0. The van der Waals surface area contributed by atoms with Gasteiger partial charge in [0.05, 0.1) is 6.54 Å². The Morgan fingerprint density at radius 1 is 1.39 bits per heavy atom. The van der Waals surface area contributed by atoms with E-state index in [9.17, 15) is 9.59 Å². The summed E-state index contributed by atoms with van der Waals surface area (Å²) >= 11 is 1.80. The summed E-state index contributed by atoms with van der Waals surface area (Å²) in [6.45, 7) is 8.46. The van der Waals surface area contributed by atoms with Gasteiger partial charge < -0.3 is 10.2 Å². The number of carbonyl (C=O) groups is 2. The first-order chi connectivity index (χ1) is 8.45. The quantitative estimate of drug-likeness (QED) is 0.797. The molecule has 2 amide bonds. The fraction of sp³-hybridized carbons (Fsp3) is 0.846. The van der Waals surface area contributed by atoms with Crippen molar-refractivity contribution in [2.45, 2.75) is 46.2 Å². The van der Waals surface area contributed by atoms with Crippen molar-refractivity contribution in [2.24, 2.45) is 5.92 Å². The molecule has 0 aromatic carbocycles. The molecular formula is C13H24N2O2S. The Balaban J connectivity index is 2.66. The van der Waals surface area contributed by atoms with E-state index in [-0.39, 0.29) is 30.4 Å². The fourth-order valence-electron chi connectivity index (χ4n) is 2.12. The first kappa shape index (κ1) is 15.3. The van der Waals surface area contributed by atoms with Crippen LogP contribution < -0.4 is 5.32 Å². The van der Waals surface area contributed by atoms with Crippen LogP contribution in [0.1, 0.15) is 34.1 Å². The molecule has 0 saturated carbocycles. The largest absolute Gasteiger partial charge is 0.343 e. The Kier molecular flexibility index (Phi) is 5.99. The lowest BCUT2D eigenvalue weighted by molar-refractivity contribution is -0.146. The van der Waals surface area contributed by atoms with E-state index in [2.05, 4.69) is 26.1 Å². The van der Waals surface area contributed by atoms with Gasteiger partial charge in [0.2, 0.25) is 11.8 Å². The highest BCUT2D eigenvalue weighted by molar-refractivity contribution is 7.99. The third-order valence-corrected chi connectivity index (χ3v) is 4.16. The van der Waals surface area contributed by atoms with Gasteiger partial charge in [0.1, 0.15) is 6.04 Å². The molecule has 1 N–H and O–H groups in total. The molecule has 104 valence electrons. The van der Waals surface area contributed by atoms with Gasteiger partial charge in [-0.3, -0.25) is 9.59 Å². The molecule has 4 nitrogen and oxygen atoms in total. The first-order valence-corrected chi connectivity index (χ1v) is 7.78. The van der Waals surface area contributed by atoms with Crippen LogP contribution in [0.4, 0.5) is 0 Å². The van der Waals surface area contributed by atoms with Gasteiger partial charge in [-0.25, -0.2) is 0 Å². The van der Waals surface area contributed by atoms with Gasteiger partial charge >= 0.3 is 0 Å². The van der Waals surface area contributed by atoms with E-state index >= 15 is 0 Å². The van der Waals surface area contributed by atoms with Crippen LogP contribution >= 0.6 is 11.8 Å². The van der Waals surface area contributed by atoms with E-state index in [1.54, 1.807) is 16.7 Å². The number of amides is 2. The maximum Gasteiger partial charge on any atom is 0.245 e. The molecule has 0 aromatic rings. The Morgan fingerprint density at radius 3 is 2.61 bits per heavy atom. The molecule has 5 heteroatoms. The molecule has 1 fully saturated rings. The minimum absolute atomic E-state index is 0.0337. The minimum atomic E-state index is -0.333. The summed E-state index contributed by atoms with van der Waals surface area (Å²) in [5, 5.41) is 2.80. The summed E-state index contributed by atoms with van der Waals surface area (Å²) in [5.41, 5.74) is 0. The fourth-order valence-corrected chi connectivity index (χ4v) is 2.87. The third-order valence-electron chi connectivity index (χ3n) is 3.03. The van der Waals surface area contributed by atoms with Gasteiger partial charge in [0.15, 0.2) is 0 Å². The zero-order valence-corrected chi connectivity index (χ0v) is 12.5. The van der Waals surface area contributed by atoms with Crippen molar-refractivity contribution < 1.29 is 9.59 Å². The molecule has 2 unspecified atom stereocenters. The zero-order valence-electron chi connectivity index (χ0n) is 11.7. The van der Waals surface area contributed by atoms with Crippen molar-refractivity contribution in [1.82, 2.24) is 10.2 Å². The van der Waals surface area contributed by atoms with Gasteiger partial charge in [-0.1, -0.05) is 20.8 Å². The Morgan fingerprint density at radius 2 is 2.06 bits per heavy atom.